The van der Waals surface area contributed by atoms with Crippen LogP contribution in [0.2, 0.25) is 5.15 Å². The summed E-state index contributed by atoms with van der Waals surface area (Å²) in [6, 6.07) is 6.08. The molecule has 2 aromatic rings. The summed E-state index contributed by atoms with van der Waals surface area (Å²) in [7, 11) is 0. The predicted octanol–water partition coefficient (Wildman–Crippen LogP) is 2.09. The standard InChI is InChI=1S/C13H11ClN2O3/c1-7(13(18)19)16-12(17)10-6-15-11(14)9-5-3-2-4-8(9)10/h2-7H,1H3,(H,16,17)(H,18,19)/t7-/m0/s1. The molecule has 5 nitrogen and oxygen atoms in total. The molecule has 0 radical (unpaired) electrons. The second-order valence-electron chi connectivity index (χ2n) is 4.04. The zero-order valence-corrected chi connectivity index (χ0v) is 10.8. The minimum atomic E-state index is -1.10. The summed E-state index contributed by atoms with van der Waals surface area (Å²) in [5.41, 5.74) is 0.299. The molecule has 0 saturated carbocycles. The minimum absolute atomic E-state index is 0.299. The summed E-state index contributed by atoms with van der Waals surface area (Å²) in [5.74, 6) is -1.59. The van der Waals surface area contributed by atoms with E-state index in [9.17, 15) is 9.59 Å². The molecule has 0 aliphatic rings. The Morgan fingerprint density at radius 1 is 1.32 bits per heavy atom. The lowest BCUT2D eigenvalue weighted by atomic mass is 10.1. The van der Waals surface area contributed by atoms with E-state index in [0.717, 1.165) is 0 Å². The number of nitrogens with zero attached hydrogens (tertiary/aromatic N) is 1. The van der Waals surface area contributed by atoms with Crippen LogP contribution < -0.4 is 5.32 Å². The number of aromatic nitrogens is 1. The van der Waals surface area contributed by atoms with Crippen molar-refractivity contribution in [2.24, 2.45) is 0 Å². The van der Waals surface area contributed by atoms with Crippen LogP contribution in [0, 0.1) is 0 Å². The number of carboxylic acids is 1. The Morgan fingerprint density at radius 2 is 1.95 bits per heavy atom. The lowest BCUT2D eigenvalue weighted by Crippen LogP contribution is -2.38. The first kappa shape index (κ1) is 13.3. The Kier molecular flexibility index (Phi) is 3.66. The molecule has 0 aliphatic carbocycles. The van der Waals surface area contributed by atoms with Crippen LogP contribution in [0.25, 0.3) is 10.8 Å². The van der Waals surface area contributed by atoms with Gasteiger partial charge in [0.15, 0.2) is 0 Å². The Labute approximate surface area is 114 Å². The van der Waals surface area contributed by atoms with E-state index in [-0.39, 0.29) is 0 Å². The number of rotatable bonds is 3. The van der Waals surface area contributed by atoms with Gasteiger partial charge < -0.3 is 10.4 Å². The number of carbonyl (C=O) groups is 2. The van der Waals surface area contributed by atoms with Gasteiger partial charge >= 0.3 is 5.97 Å². The Morgan fingerprint density at radius 3 is 2.58 bits per heavy atom. The number of amides is 1. The van der Waals surface area contributed by atoms with Crippen LogP contribution in [-0.2, 0) is 4.79 Å². The minimum Gasteiger partial charge on any atom is -0.480 e. The van der Waals surface area contributed by atoms with Crippen molar-refractivity contribution in [1.29, 1.82) is 0 Å². The van der Waals surface area contributed by atoms with Gasteiger partial charge in [-0.1, -0.05) is 35.9 Å². The highest BCUT2D eigenvalue weighted by atomic mass is 35.5. The first-order valence-corrected chi connectivity index (χ1v) is 5.95. The van der Waals surface area contributed by atoms with E-state index in [0.29, 0.717) is 21.5 Å². The normalized spacial score (nSPS) is 12.1. The summed E-state index contributed by atoms with van der Waals surface area (Å²) in [4.78, 5) is 26.7. The number of carbonyl (C=O) groups excluding carboxylic acids is 1. The van der Waals surface area contributed by atoms with Crippen LogP contribution in [0.4, 0.5) is 0 Å². The number of hydrogen-bond acceptors (Lipinski definition) is 3. The third-order valence-corrected chi connectivity index (χ3v) is 3.01. The third-order valence-electron chi connectivity index (χ3n) is 2.71. The van der Waals surface area contributed by atoms with Crippen LogP contribution in [0.15, 0.2) is 30.5 Å². The maximum Gasteiger partial charge on any atom is 0.325 e. The molecule has 98 valence electrons. The number of fused-ring (bicyclic) bond motifs is 1. The highest BCUT2D eigenvalue weighted by Crippen LogP contribution is 2.24. The van der Waals surface area contributed by atoms with Gasteiger partial charge in [-0.25, -0.2) is 4.98 Å². The van der Waals surface area contributed by atoms with Crippen LogP contribution in [-0.4, -0.2) is 28.0 Å². The average molecular weight is 279 g/mol. The predicted molar refractivity (Wildman–Crippen MR) is 71.3 cm³/mol. The quantitative estimate of drug-likeness (QED) is 0.843. The van der Waals surface area contributed by atoms with Gasteiger partial charge in [0.25, 0.3) is 5.91 Å². The van der Waals surface area contributed by atoms with E-state index in [4.69, 9.17) is 16.7 Å². The molecule has 6 heteroatoms. The molecule has 1 aromatic heterocycles. The Balaban J connectivity index is 2.43. The van der Waals surface area contributed by atoms with Crippen molar-refractivity contribution in [3.63, 3.8) is 0 Å². The molecule has 0 saturated heterocycles. The molecule has 19 heavy (non-hydrogen) atoms. The van der Waals surface area contributed by atoms with E-state index in [2.05, 4.69) is 10.3 Å². The lowest BCUT2D eigenvalue weighted by Gasteiger charge is -2.11. The molecule has 0 unspecified atom stereocenters. The topological polar surface area (TPSA) is 79.3 Å². The van der Waals surface area contributed by atoms with Gasteiger partial charge in [0.1, 0.15) is 11.2 Å². The van der Waals surface area contributed by atoms with Crippen LogP contribution in [0.1, 0.15) is 17.3 Å². The van der Waals surface area contributed by atoms with Gasteiger partial charge in [0, 0.05) is 11.6 Å². The maximum atomic E-state index is 12.0. The fraction of sp³-hybridized carbons (Fsp3) is 0.154. The third kappa shape index (κ3) is 2.66. The van der Waals surface area contributed by atoms with Gasteiger partial charge in [0.2, 0.25) is 0 Å². The number of benzene rings is 1. The molecule has 2 N–H and O–H groups in total. The molecular weight excluding hydrogens is 268 g/mol. The SMILES string of the molecule is C[C@H](NC(=O)c1cnc(Cl)c2ccccc12)C(=O)O. The van der Waals surface area contributed by atoms with E-state index in [1.807, 2.05) is 0 Å². The first-order chi connectivity index (χ1) is 9.00. The highest BCUT2D eigenvalue weighted by molar-refractivity contribution is 6.34. The Hall–Kier alpha value is -2.14. The molecule has 1 aromatic carbocycles. The van der Waals surface area contributed by atoms with E-state index < -0.39 is 17.9 Å². The molecule has 1 atom stereocenters. The molecule has 1 amide bonds. The molecule has 0 bridgehead atoms. The van der Waals surface area contributed by atoms with E-state index in [1.165, 1.54) is 13.1 Å². The van der Waals surface area contributed by atoms with Gasteiger partial charge in [-0.2, -0.15) is 0 Å². The average Bonchev–Trinajstić information content (AvgIpc) is 2.39. The molecular formula is C13H11ClN2O3. The summed E-state index contributed by atoms with van der Waals surface area (Å²) in [6.07, 6.45) is 1.34. The van der Waals surface area contributed by atoms with E-state index >= 15 is 0 Å². The molecule has 0 fully saturated rings. The Bertz CT molecular complexity index is 657. The summed E-state index contributed by atoms with van der Waals surface area (Å²) in [5, 5.41) is 12.8. The number of carboxylic acid groups (broad SMARTS) is 1. The number of pyridine rings is 1. The molecule has 0 spiro atoms. The van der Waals surface area contributed by atoms with Gasteiger partial charge in [-0.05, 0) is 12.3 Å². The van der Waals surface area contributed by atoms with Crippen LogP contribution in [0.5, 0.6) is 0 Å². The van der Waals surface area contributed by atoms with Crippen molar-refractivity contribution in [2.45, 2.75) is 13.0 Å². The van der Waals surface area contributed by atoms with Crippen molar-refractivity contribution in [2.75, 3.05) is 0 Å². The molecule has 0 aliphatic heterocycles. The van der Waals surface area contributed by atoms with Crippen molar-refractivity contribution in [1.82, 2.24) is 10.3 Å². The fourth-order valence-electron chi connectivity index (χ4n) is 1.68. The van der Waals surface area contributed by atoms with Gasteiger partial charge in [0.05, 0.1) is 5.56 Å². The first-order valence-electron chi connectivity index (χ1n) is 5.57. The smallest absolute Gasteiger partial charge is 0.325 e. The van der Waals surface area contributed by atoms with Crippen molar-refractivity contribution < 1.29 is 14.7 Å². The summed E-state index contributed by atoms with van der Waals surface area (Å²) in [6.45, 7) is 1.39. The van der Waals surface area contributed by atoms with Crippen LogP contribution >= 0.6 is 11.6 Å². The largest absolute Gasteiger partial charge is 0.480 e. The molecule has 1 heterocycles. The van der Waals surface area contributed by atoms with Crippen LogP contribution in [0.3, 0.4) is 0 Å². The van der Waals surface area contributed by atoms with Gasteiger partial charge in [-0.15, -0.1) is 0 Å². The highest BCUT2D eigenvalue weighted by Gasteiger charge is 2.18. The second-order valence-corrected chi connectivity index (χ2v) is 4.40. The van der Waals surface area contributed by atoms with Crippen molar-refractivity contribution in [3.8, 4) is 0 Å². The van der Waals surface area contributed by atoms with Crippen molar-refractivity contribution in [3.05, 3.63) is 41.2 Å². The number of nitrogens with one attached hydrogen (secondary N) is 1. The lowest BCUT2D eigenvalue weighted by molar-refractivity contribution is -0.138. The van der Waals surface area contributed by atoms with Crippen molar-refractivity contribution >= 4 is 34.2 Å². The fourth-order valence-corrected chi connectivity index (χ4v) is 1.89. The maximum absolute atomic E-state index is 12.0. The zero-order valence-electron chi connectivity index (χ0n) is 10.1. The second kappa shape index (κ2) is 5.24. The van der Waals surface area contributed by atoms with E-state index in [1.54, 1.807) is 24.3 Å². The van der Waals surface area contributed by atoms with Gasteiger partial charge in [-0.3, -0.25) is 9.59 Å². The number of hydrogen-bond donors (Lipinski definition) is 2. The number of halogens is 1. The molecule has 2 rings (SSSR count). The monoisotopic (exact) mass is 278 g/mol. The zero-order chi connectivity index (χ0) is 14.0. The number of aliphatic carboxylic acids is 1. The summed E-state index contributed by atoms with van der Waals surface area (Å²) >= 11 is 5.95. The summed E-state index contributed by atoms with van der Waals surface area (Å²) < 4.78 is 0.